The van der Waals surface area contributed by atoms with Crippen molar-refractivity contribution in [3.05, 3.63) is 29.8 Å². The number of carboxylic acids is 2. The maximum absolute atomic E-state index is 11.9. The van der Waals surface area contributed by atoms with Gasteiger partial charge in [-0.05, 0) is 44.5 Å². The molecule has 1 aliphatic heterocycles. The van der Waals surface area contributed by atoms with Crippen molar-refractivity contribution >= 4 is 29.7 Å². The van der Waals surface area contributed by atoms with Gasteiger partial charge < -0.3 is 34.8 Å². The van der Waals surface area contributed by atoms with Gasteiger partial charge in [0.25, 0.3) is 0 Å². The topological polar surface area (TPSA) is 141 Å². The van der Waals surface area contributed by atoms with E-state index >= 15 is 0 Å². The molecule has 11 nitrogen and oxygen atoms in total. The summed E-state index contributed by atoms with van der Waals surface area (Å²) in [5, 5.41) is 19.5. The first-order valence-corrected chi connectivity index (χ1v) is 11.2. The molecule has 0 unspecified atom stereocenters. The molecule has 1 fully saturated rings. The minimum atomic E-state index is -5.08. The van der Waals surface area contributed by atoms with Gasteiger partial charge in [0, 0.05) is 51.6 Å². The van der Waals surface area contributed by atoms with Crippen LogP contribution in [0.15, 0.2) is 29.3 Å². The molecule has 2 rings (SSSR count). The van der Waals surface area contributed by atoms with E-state index in [1.807, 2.05) is 6.92 Å². The fourth-order valence-electron chi connectivity index (χ4n) is 2.86. The Morgan fingerprint density at radius 3 is 2.03 bits per heavy atom. The highest BCUT2D eigenvalue weighted by Crippen LogP contribution is 2.14. The molecule has 0 radical (unpaired) electrons. The Labute approximate surface area is 206 Å². The number of anilines is 1. The average Bonchev–Trinajstić information content (AvgIpc) is 2.83. The second-order valence-corrected chi connectivity index (χ2v) is 7.24. The van der Waals surface area contributed by atoms with E-state index in [0.717, 1.165) is 12.1 Å². The number of aromatic carboxylic acids is 1. The molecule has 1 amide bonds. The highest BCUT2D eigenvalue weighted by Gasteiger charge is 2.38. The van der Waals surface area contributed by atoms with E-state index in [9.17, 15) is 22.8 Å². The van der Waals surface area contributed by atoms with Crippen LogP contribution in [0.5, 0.6) is 0 Å². The molecule has 0 spiro atoms. The van der Waals surface area contributed by atoms with Crippen molar-refractivity contribution in [1.29, 1.82) is 0 Å². The number of carboxylic acid groups (broad SMARTS) is 2. The highest BCUT2D eigenvalue weighted by atomic mass is 19.4. The van der Waals surface area contributed by atoms with Crippen LogP contribution in [0.2, 0.25) is 0 Å². The molecule has 0 saturated carbocycles. The molecule has 3 N–H and O–H groups in total. The number of carbonyl (C=O) groups excluding carboxylic acids is 1. The molecule has 1 aromatic carbocycles. The summed E-state index contributed by atoms with van der Waals surface area (Å²) in [6.07, 6.45) is -4.57. The molecule has 1 heterocycles. The summed E-state index contributed by atoms with van der Waals surface area (Å²) in [6, 6.07) is 6.54. The van der Waals surface area contributed by atoms with Crippen LogP contribution in [0, 0.1) is 0 Å². The lowest BCUT2D eigenvalue weighted by Crippen LogP contribution is -2.52. The number of nitrogens with one attached hydrogen (secondary N) is 1. The van der Waals surface area contributed by atoms with E-state index in [-0.39, 0.29) is 11.7 Å². The number of piperazine rings is 1. The number of alkyl halides is 3. The molecular weight excluding hydrogens is 489 g/mol. The Hall–Kier alpha value is -3.55. The number of amides is 1. The van der Waals surface area contributed by atoms with E-state index in [2.05, 4.69) is 15.2 Å². The normalized spacial score (nSPS) is 14.0. The number of hydrogen-bond acceptors (Lipinski definition) is 6. The quantitative estimate of drug-likeness (QED) is 0.268. The summed E-state index contributed by atoms with van der Waals surface area (Å²) in [4.78, 5) is 40.3. The number of aliphatic carboxylic acids is 1. The van der Waals surface area contributed by atoms with Crippen LogP contribution in [0.1, 0.15) is 30.6 Å². The van der Waals surface area contributed by atoms with Crippen LogP contribution < -0.4 is 5.32 Å². The third-order valence-corrected chi connectivity index (χ3v) is 4.65. The van der Waals surface area contributed by atoms with Crippen molar-refractivity contribution in [2.45, 2.75) is 26.4 Å². The molecule has 14 heteroatoms. The lowest BCUT2D eigenvalue weighted by molar-refractivity contribution is -0.192. The van der Waals surface area contributed by atoms with Crippen molar-refractivity contribution in [1.82, 2.24) is 9.80 Å². The summed E-state index contributed by atoms with van der Waals surface area (Å²) in [6.45, 7) is 8.41. The summed E-state index contributed by atoms with van der Waals surface area (Å²) in [7, 11) is 0. The monoisotopic (exact) mass is 520 g/mol. The first-order chi connectivity index (χ1) is 17.0. The summed E-state index contributed by atoms with van der Waals surface area (Å²) in [5.41, 5.74) is 0.986. The number of nitrogens with zero attached hydrogens (tertiary/aromatic N) is 3. The Balaban J connectivity index is 0.000000809. The molecule has 1 saturated heterocycles. The molecule has 36 heavy (non-hydrogen) atoms. The number of aliphatic imine (C=N–C) groups is 1. The van der Waals surface area contributed by atoms with Crippen molar-refractivity contribution in [2.24, 2.45) is 4.99 Å². The van der Waals surface area contributed by atoms with Crippen LogP contribution in [0.3, 0.4) is 0 Å². The zero-order valence-corrected chi connectivity index (χ0v) is 20.1. The zero-order chi connectivity index (χ0) is 27.1. The third-order valence-electron chi connectivity index (χ3n) is 4.65. The standard InChI is InChI=1S/C20H30N4O5.C2HF3O2/c1-3-28-15-5-10-21-19(22-17-8-6-16(7-9-17)18(25)26)23-11-13-24(14-12-23)20(27)29-4-2;3-2(4,5)1(6)7/h6-9H,3-5,10-15H2,1-2H3,(H,21,22)(H,25,26);(H,6,7). The molecule has 0 aromatic heterocycles. The third kappa shape index (κ3) is 11.3. The molecule has 1 aromatic rings. The average molecular weight is 521 g/mol. The van der Waals surface area contributed by atoms with Gasteiger partial charge in [-0.3, -0.25) is 4.99 Å². The van der Waals surface area contributed by atoms with Crippen LogP contribution in [0.25, 0.3) is 0 Å². The maximum atomic E-state index is 11.9. The fraction of sp³-hybridized carbons (Fsp3) is 0.545. The second kappa shape index (κ2) is 15.4. The Morgan fingerprint density at radius 2 is 1.56 bits per heavy atom. The zero-order valence-electron chi connectivity index (χ0n) is 20.1. The van der Waals surface area contributed by atoms with Gasteiger partial charge in [0.2, 0.25) is 0 Å². The summed E-state index contributed by atoms with van der Waals surface area (Å²) >= 11 is 0. The van der Waals surface area contributed by atoms with E-state index in [4.69, 9.17) is 24.5 Å². The van der Waals surface area contributed by atoms with E-state index in [1.54, 1.807) is 36.1 Å². The number of carbonyl (C=O) groups is 3. The predicted octanol–water partition coefficient (Wildman–Crippen LogP) is 2.99. The van der Waals surface area contributed by atoms with Crippen LogP contribution >= 0.6 is 0 Å². The Bertz CT molecular complexity index is 871. The number of hydrogen-bond donors (Lipinski definition) is 3. The smallest absolute Gasteiger partial charge is 0.478 e. The second-order valence-electron chi connectivity index (χ2n) is 7.24. The number of benzene rings is 1. The molecule has 1 aliphatic rings. The minimum Gasteiger partial charge on any atom is -0.478 e. The molecular formula is C22H31F3N4O7. The molecule has 202 valence electrons. The maximum Gasteiger partial charge on any atom is 0.490 e. The van der Waals surface area contributed by atoms with Crippen molar-refractivity contribution in [3.8, 4) is 0 Å². The van der Waals surface area contributed by atoms with E-state index in [1.165, 1.54) is 0 Å². The Kier molecular flexibility index (Phi) is 13.1. The lowest BCUT2D eigenvalue weighted by Gasteiger charge is -2.36. The Morgan fingerprint density at radius 1 is 1.00 bits per heavy atom. The van der Waals surface area contributed by atoms with Crippen molar-refractivity contribution < 1.29 is 47.2 Å². The number of ether oxygens (including phenoxy) is 2. The summed E-state index contributed by atoms with van der Waals surface area (Å²) in [5.74, 6) is -3.02. The SMILES string of the molecule is CCOCCCN=C(Nc1ccc(C(=O)O)cc1)N1CCN(C(=O)OCC)CC1.O=C(O)C(F)(F)F. The largest absolute Gasteiger partial charge is 0.490 e. The highest BCUT2D eigenvalue weighted by molar-refractivity contribution is 5.95. The molecule has 0 bridgehead atoms. The predicted molar refractivity (Wildman–Crippen MR) is 124 cm³/mol. The van der Waals surface area contributed by atoms with Gasteiger partial charge >= 0.3 is 24.2 Å². The molecule has 0 aliphatic carbocycles. The first kappa shape index (κ1) is 30.5. The van der Waals surface area contributed by atoms with Crippen LogP contribution in [0.4, 0.5) is 23.7 Å². The first-order valence-electron chi connectivity index (χ1n) is 11.2. The van der Waals surface area contributed by atoms with Gasteiger partial charge in [-0.15, -0.1) is 0 Å². The molecule has 0 atom stereocenters. The summed E-state index contributed by atoms with van der Waals surface area (Å²) < 4.78 is 42.2. The minimum absolute atomic E-state index is 0.230. The van der Waals surface area contributed by atoms with Crippen molar-refractivity contribution in [3.63, 3.8) is 0 Å². The van der Waals surface area contributed by atoms with Gasteiger partial charge in [-0.25, -0.2) is 14.4 Å². The number of guanidine groups is 1. The van der Waals surface area contributed by atoms with Gasteiger partial charge in [0.05, 0.1) is 12.2 Å². The van der Waals surface area contributed by atoms with Crippen molar-refractivity contribution in [2.75, 3.05) is 57.9 Å². The van der Waals surface area contributed by atoms with E-state index in [0.29, 0.717) is 58.5 Å². The fourth-order valence-corrected chi connectivity index (χ4v) is 2.86. The number of rotatable bonds is 8. The van der Waals surface area contributed by atoms with Gasteiger partial charge in [0.15, 0.2) is 5.96 Å². The number of halogens is 3. The van der Waals surface area contributed by atoms with Crippen LogP contribution in [-0.2, 0) is 14.3 Å². The van der Waals surface area contributed by atoms with Gasteiger partial charge in [-0.2, -0.15) is 13.2 Å². The van der Waals surface area contributed by atoms with Gasteiger partial charge in [-0.1, -0.05) is 0 Å². The van der Waals surface area contributed by atoms with Gasteiger partial charge in [0.1, 0.15) is 0 Å². The van der Waals surface area contributed by atoms with E-state index < -0.39 is 18.1 Å². The van der Waals surface area contributed by atoms with Crippen LogP contribution in [-0.4, -0.2) is 103 Å². The lowest BCUT2D eigenvalue weighted by atomic mass is 10.2.